The number of hydrogen-bond acceptors (Lipinski definition) is 5. The summed E-state index contributed by atoms with van der Waals surface area (Å²) in [6.07, 6.45) is 2.27. The first-order chi connectivity index (χ1) is 14.7. The second kappa shape index (κ2) is 9.26. The van der Waals surface area contributed by atoms with Crippen LogP contribution < -0.4 is 10.6 Å². The van der Waals surface area contributed by atoms with Crippen molar-refractivity contribution in [2.45, 2.75) is 24.7 Å². The molecule has 0 aliphatic rings. The summed E-state index contributed by atoms with van der Waals surface area (Å²) < 4.78 is 35.8. The number of aryl methyl sites for hydroxylation is 1. The fraction of sp³-hybridized carbons (Fsp3) is 0.217. The van der Waals surface area contributed by atoms with Gasteiger partial charge in [0.05, 0.1) is 15.4 Å². The molecule has 3 rings (SSSR count). The molecule has 0 saturated carbocycles. The van der Waals surface area contributed by atoms with Crippen molar-refractivity contribution in [1.29, 1.82) is 4.78 Å². The van der Waals surface area contributed by atoms with Crippen LogP contribution in [0.25, 0.3) is 11.1 Å². The van der Waals surface area contributed by atoms with E-state index in [1.807, 2.05) is 6.07 Å². The average molecular weight is 441 g/mol. The van der Waals surface area contributed by atoms with Crippen LogP contribution in [0.3, 0.4) is 0 Å². The molecule has 0 bridgehead atoms. The number of amides is 1. The normalized spacial score (nSPS) is 12.9. The summed E-state index contributed by atoms with van der Waals surface area (Å²) in [4.78, 5) is 17.5. The van der Waals surface area contributed by atoms with Crippen LogP contribution >= 0.6 is 0 Å². The molecule has 1 heterocycles. The molecule has 0 fully saturated rings. The highest BCUT2D eigenvalue weighted by atomic mass is 32.2. The van der Waals surface area contributed by atoms with Gasteiger partial charge < -0.3 is 10.6 Å². The Balaban J connectivity index is 1.77. The van der Waals surface area contributed by atoms with E-state index in [9.17, 15) is 13.4 Å². The molecule has 3 aromatic rings. The number of carbonyl (C=O) groups excluding carboxylic acids is 1. The van der Waals surface area contributed by atoms with Crippen LogP contribution in [0.15, 0.2) is 65.7 Å². The van der Waals surface area contributed by atoms with Crippen LogP contribution in [0, 0.1) is 10.6 Å². The number of aromatic nitrogens is 1. The van der Waals surface area contributed by atoms with E-state index in [-0.39, 0.29) is 17.3 Å². The molecule has 0 spiro atoms. The second-order valence-corrected chi connectivity index (χ2v) is 9.40. The molecule has 2 aromatic carbocycles. The number of nitrogens with zero attached hydrogens (tertiary/aromatic N) is 2. The van der Waals surface area contributed by atoms with Gasteiger partial charge in [0.25, 0.3) is 0 Å². The Hall–Kier alpha value is -3.26. The monoisotopic (exact) mass is 440 g/mol. The second-order valence-electron chi connectivity index (χ2n) is 7.17. The van der Waals surface area contributed by atoms with Gasteiger partial charge in [-0.05, 0) is 53.4 Å². The quantitative estimate of drug-likeness (QED) is 0.565. The first-order valence-electron chi connectivity index (χ1n) is 9.85. The van der Waals surface area contributed by atoms with Crippen molar-refractivity contribution >= 4 is 27.1 Å². The number of hydrogen-bond donors (Lipinski definition) is 2. The summed E-state index contributed by atoms with van der Waals surface area (Å²) in [7, 11) is -1.47. The molecule has 0 aliphatic carbocycles. The lowest BCUT2D eigenvalue weighted by molar-refractivity contribution is -0.118. The molecule has 162 valence electrons. The largest absolute Gasteiger partial charge is 0.383 e. The molecule has 0 aliphatic heterocycles. The molecule has 1 aromatic heterocycles. The Morgan fingerprint density at radius 2 is 1.84 bits per heavy atom. The van der Waals surface area contributed by atoms with Gasteiger partial charge >= 0.3 is 0 Å². The minimum atomic E-state index is -3.01. The fourth-order valence-corrected chi connectivity index (χ4v) is 4.55. The molecular weight excluding hydrogens is 415 g/mol. The van der Waals surface area contributed by atoms with E-state index in [4.69, 9.17) is 10.5 Å². The van der Waals surface area contributed by atoms with Gasteiger partial charge in [-0.25, -0.2) is 18.4 Å². The minimum absolute atomic E-state index is 0.128. The number of benzene rings is 2. The molecule has 0 radical (unpaired) electrons. The topological polar surface area (TPSA) is 100 Å². The van der Waals surface area contributed by atoms with Crippen LogP contribution in [0.1, 0.15) is 18.9 Å². The van der Waals surface area contributed by atoms with Gasteiger partial charge in [-0.2, -0.15) is 0 Å². The highest BCUT2D eigenvalue weighted by molar-refractivity contribution is 7.92. The molecule has 0 saturated heterocycles. The maximum atomic E-state index is 14.6. The van der Waals surface area contributed by atoms with Crippen molar-refractivity contribution in [3.05, 3.63) is 72.2 Å². The van der Waals surface area contributed by atoms with E-state index in [1.54, 1.807) is 62.6 Å². The van der Waals surface area contributed by atoms with E-state index in [2.05, 4.69) is 4.98 Å². The Labute approximate surface area is 181 Å². The maximum absolute atomic E-state index is 14.6. The number of pyridine rings is 1. The van der Waals surface area contributed by atoms with Crippen molar-refractivity contribution in [2.75, 3.05) is 23.4 Å². The predicted molar refractivity (Wildman–Crippen MR) is 122 cm³/mol. The third-order valence-electron chi connectivity index (χ3n) is 5.14. The minimum Gasteiger partial charge on any atom is -0.383 e. The van der Waals surface area contributed by atoms with Crippen LogP contribution in [0.5, 0.6) is 0 Å². The molecule has 1 amide bonds. The summed E-state index contributed by atoms with van der Waals surface area (Å²) in [5.74, 6) is -0.160. The average Bonchev–Trinajstić information content (AvgIpc) is 2.77. The SMILES string of the molecule is CCC(=O)N(C)c1ccc(-c2ccc(S(=N)(=O)CCc3cccnc3N)cc2)cc1F. The van der Waals surface area contributed by atoms with Gasteiger partial charge in [0.15, 0.2) is 0 Å². The zero-order chi connectivity index (χ0) is 22.6. The molecular formula is C23H25FN4O2S. The summed E-state index contributed by atoms with van der Waals surface area (Å²) in [6.45, 7) is 1.72. The van der Waals surface area contributed by atoms with Crippen LogP contribution in [0.4, 0.5) is 15.9 Å². The highest BCUT2D eigenvalue weighted by Crippen LogP contribution is 2.28. The van der Waals surface area contributed by atoms with Crippen molar-refractivity contribution in [1.82, 2.24) is 4.98 Å². The standard InChI is InChI=1S/C23H25FN4O2S/c1-3-22(29)28(2)21-11-8-18(15-20(21)24)16-6-9-19(10-7-16)31(26,30)14-12-17-5-4-13-27-23(17)25/h4-11,13,15,26H,3,12,14H2,1-2H3,(H2,25,27). The first-order valence-corrected chi connectivity index (χ1v) is 11.6. The number of carbonyl (C=O) groups is 1. The number of halogens is 1. The smallest absolute Gasteiger partial charge is 0.226 e. The van der Waals surface area contributed by atoms with Gasteiger partial charge in [-0.3, -0.25) is 4.79 Å². The molecule has 3 N–H and O–H groups in total. The van der Waals surface area contributed by atoms with E-state index < -0.39 is 15.5 Å². The van der Waals surface area contributed by atoms with E-state index in [0.717, 1.165) is 11.1 Å². The Morgan fingerprint density at radius 1 is 1.16 bits per heavy atom. The van der Waals surface area contributed by atoms with Crippen LogP contribution in [-0.4, -0.2) is 27.9 Å². The highest BCUT2D eigenvalue weighted by Gasteiger charge is 2.15. The number of nitrogen functional groups attached to an aromatic ring is 1. The number of nitrogens with two attached hydrogens (primary N) is 1. The van der Waals surface area contributed by atoms with Crippen LogP contribution in [-0.2, 0) is 20.9 Å². The van der Waals surface area contributed by atoms with Crippen LogP contribution in [0.2, 0.25) is 0 Å². The summed E-state index contributed by atoms with van der Waals surface area (Å²) in [5.41, 5.74) is 8.16. The van der Waals surface area contributed by atoms with Gasteiger partial charge in [-0.1, -0.05) is 31.2 Å². The van der Waals surface area contributed by atoms with Crippen molar-refractivity contribution < 1.29 is 13.4 Å². The Kier molecular flexibility index (Phi) is 6.70. The summed E-state index contributed by atoms with van der Waals surface area (Å²) in [6, 6.07) is 14.9. The predicted octanol–water partition coefficient (Wildman–Crippen LogP) is 4.49. The fourth-order valence-electron chi connectivity index (χ4n) is 3.23. The lowest BCUT2D eigenvalue weighted by atomic mass is 10.0. The lowest BCUT2D eigenvalue weighted by Gasteiger charge is -2.18. The van der Waals surface area contributed by atoms with E-state index in [1.165, 1.54) is 11.0 Å². The Morgan fingerprint density at radius 3 is 2.45 bits per heavy atom. The van der Waals surface area contributed by atoms with Crippen molar-refractivity contribution in [3.8, 4) is 11.1 Å². The van der Waals surface area contributed by atoms with Gasteiger partial charge in [-0.15, -0.1) is 0 Å². The van der Waals surface area contributed by atoms with Gasteiger partial charge in [0.2, 0.25) is 5.91 Å². The number of nitrogens with one attached hydrogen (secondary N) is 1. The lowest BCUT2D eigenvalue weighted by Crippen LogP contribution is -2.25. The van der Waals surface area contributed by atoms with E-state index >= 15 is 0 Å². The third-order valence-corrected chi connectivity index (χ3v) is 6.95. The third kappa shape index (κ3) is 5.08. The van der Waals surface area contributed by atoms with Gasteiger partial charge in [0, 0.05) is 30.3 Å². The zero-order valence-corrected chi connectivity index (χ0v) is 18.3. The first kappa shape index (κ1) is 22.4. The molecule has 6 nitrogen and oxygen atoms in total. The summed E-state index contributed by atoms with van der Waals surface area (Å²) >= 11 is 0. The molecule has 1 atom stereocenters. The van der Waals surface area contributed by atoms with E-state index in [0.29, 0.717) is 29.1 Å². The maximum Gasteiger partial charge on any atom is 0.226 e. The number of rotatable bonds is 7. The molecule has 31 heavy (non-hydrogen) atoms. The van der Waals surface area contributed by atoms with Crippen molar-refractivity contribution in [3.63, 3.8) is 0 Å². The number of anilines is 2. The van der Waals surface area contributed by atoms with Gasteiger partial charge in [0.1, 0.15) is 11.6 Å². The Bertz CT molecular complexity index is 1190. The molecule has 1 unspecified atom stereocenters. The van der Waals surface area contributed by atoms with Crippen molar-refractivity contribution in [2.24, 2.45) is 0 Å². The molecule has 8 heteroatoms. The summed E-state index contributed by atoms with van der Waals surface area (Å²) in [5, 5.41) is 0. The zero-order valence-electron chi connectivity index (χ0n) is 17.5.